The zero-order valence-corrected chi connectivity index (χ0v) is 6.48. The molecule has 0 aromatic carbocycles. The Morgan fingerprint density at radius 3 is 0.444 bits per heavy atom. The Kier molecular flexibility index (Phi) is 51000. The molecule has 0 atom stereocenters. The van der Waals surface area contributed by atoms with E-state index in [9.17, 15) is 0 Å². The molecule has 9 heavy (non-hydrogen) atoms. The molecule has 0 aromatic heterocycles. The molecule has 0 fully saturated rings. The normalized spacial score (nSPS) is 0. The summed E-state index contributed by atoms with van der Waals surface area (Å²) in [4.78, 5) is 0. The second kappa shape index (κ2) is 572. The third kappa shape index (κ3) is 438. The predicted molar refractivity (Wildman–Crippen MR) is 24.3 cm³/mol. The molecule has 8 nitrogen and oxygen atoms in total. The molecule has 0 saturated heterocycles. The molecular formula is H13GdO8. The van der Waals surface area contributed by atoms with E-state index in [4.69, 9.17) is 0 Å². The average Bonchev–Trinajstić information content (AvgIpc) is 0. The predicted octanol–water partition coefficient (Wildman–Crippen LogP) is -5.24. The molecule has 0 rings (SSSR count). The van der Waals surface area contributed by atoms with Gasteiger partial charge in [-0.05, 0) is 0 Å². The van der Waals surface area contributed by atoms with E-state index in [1.54, 1.807) is 0 Å². The molecule has 1 radical (unpaired) electrons. The van der Waals surface area contributed by atoms with E-state index in [-0.39, 0.29) is 83.7 Å². The summed E-state index contributed by atoms with van der Waals surface area (Å²) in [5, 5.41) is 0. The molecule has 0 heterocycles. The first kappa shape index (κ1) is 804. The van der Waals surface area contributed by atoms with E-state index in [0.717, 1.165) is 0 Å². The summed E-state index contributed by atoms with van der Waals surface area (Å²) in [5.74, 6) is 0. The number of rotatable bonds is 0. The van der Waals surface area contributed by atoms with Gasteiger partial charge in [0.2, 0.25) is 0 Å². The van der Waals surface area contributed by atoms with Gasteiger partial charge in [0, 0.05) is 0 Å². The molecule has 0 aliphatic carbocycles. The second-order valence-corrected chi connectivity index (χ2v) is 0. The van der Waals surface area contributed by atoms with Crippen LogP contribution >= 0.6 is 0 Å². The minimum absolute atomic E-state index is 0. The van der Waals surface area contributed by atoms with Crippen molar-refractivity contribution in [3.63, 3.8) is 0 Å². The molecule has 69 valence electrons. The van der Waals surface area contributed by atoms with Gasteiger partial charge in [-0.2, -0.15) is 0 Å². The van der Waals surface area contributed by atoms with Gasteiger partial charge >= 0.3 is 39.9 Å². The Bertz CT molecular complexity index is 4.53. The quantitative estimate of drug-likeness (QED) is 0.417. The Morgan fingerprint density at radius 1 is 0.444 bits per heavy atom. The molecule has 0 aliphatic rings. The van der Waals surface area contributed by atoms with Crippen LogP contribution in [0.2, 0.25) is 0 Å². The Hall–Kier alpha value is 1.00. The van der Waals surface area contributed by atoms with Gasteiger partial charge < -0.3 is 43.8 Å². The van der Waals surface area contributed by atoms with Crippen LogP contribution < -0.4 is 0 Å². The number of hydrogen-bond donors (Lipinski definition) is 0. The van der Waals surface area contributed by atoms with Crippen molar-refractivity contribution >= 4 is 0 Å². The fourth-order valence-corrected chi connectivity index (χ4v) is 0. The zero-order chi connectivity index (χ0) is 0. The summed E-state index contributed by atoms with van der Waals surface area (Å²) in [6, 6.07) is 0. The van der Waals surface area contributed by atoms with Crippen molar-refractivity contribution in [3.8, 4) is 0 Å². The maximum absolute atomic E-state index is 0. The maximum atomic E-state index is 0. The molecule has 0 saturated carbocycles. The fraction of sp³-hybridized carbons (Fsp3) is 0. The molecule has 13 N–H and O–H groups in total. The van der Waals surface area contributed by atoms with Gasteiger partial charge in [0.05, 0.1) is 0 Å². The molecule has 0 amide bonds. The summed E-state index contributed by atoms with van der Waals surface area (Å²) < 4.78 is 0. The maximum Gasteiger partial charge on any atom is 3.00 e. The first-order chi connectivity index (χ1) is 0. The molecule has 0 spiro atoms. The SMILES string of the molecule is O.O.O.O.O.O.[Gd+3].[O-2].[OH-]. The van der Waals surface area contributed by atoms with E-state index >= 15 is 0 Å². The van der Waals surface area contributed by atoms with Gasteiger partial charge in [0.15, 0.2) is 0 Å². The summed E-state index contributed by atoms with van der Waals surface area (Å²) >= 11 is 0. The minimum atomic E-state index is 0. The third-order valence-electron chi connectivity index (χ3n) is 0. The first-order valence-corrected chi connectivity index (χ1v) is 0. The van der Waals surface area contributed by atoms with Crippen molar-refractivity contribution in [1.82, 2.24) is 0 Å². The van der Waals surface area contributed by atoms with E-state index in [1.807, 2.05) is 0 Å². The van der Waals surface area contributed by atoms with Crippen LogP contribution in [0.4, 0.5) is 0 Å². The van der Waals surface area contributed by atoms with Gasteiger partial charge in [0.25, 0.3) is 0 Å². The van der Waals surface area contributed by atoms with E-state index in [0.29, 0.717) is 0 Å². The molecular weight excluding hydrogens is 285 g/mol. The molecule has 0 aliphatic heterocycles. The van der Waals surface area contributed by atoms with Crippen LogP contribution in [0.5, 0.6) is 0 Å². The largest absolute Gasteiger partial charge is 3.00 e. The van der Waals surface area contributed by atoms with Crippen LogP contribution in [-0.2, 0) is 5.48 Å². The molecule has 9 heteroatoms. The van der Waals surface area contributed by atoms with Crippen molar-refractivity contribution in [2.45, 2.75) is 0 Å². The third-order valence-corrected chi connectivity index (χ3v) is 0. The van der Waals surface area contributed by atoms with Crippen molar-refractivity contribution < 1.29 is 83.7 Å². The van der Waals surface area contributed by atoms with E-state index in [1.165, 1.54) is 0 Å². The zero-order valence-electron chi connectivity index (χ0n) is 4.21. The smallest absolute Gasteiger partial charge is 2.00 e. The average molecular weight is 298 g/mol. The van der Waals surface area contributed by atoms with Crippen LogP contribution in [0.3, 0.4) is 0 Å². The van der Waals surface area contributed by atoms with Gasteiger partial charge in [-0.15, -0.1) is 0 Å². The molecule has 0 unspecified atom stereocenters. The second-order valence-electron chi connectivity index (χ2n) is 0. The van der Waals surface area contributed by atoms with E-state index in [2.05, 4.69) is 0 Å². The van der Waals surface area contributed by atoms with Crippen LogP contribution in [0.25, 0.3) is 0 Å². The molecule has 0 bridgehead atoms. The van der Waals surface area contributed by atoms with Crippen molar-refractivity contribution in [3.05, 3.63) is 0 Å². The van der Waals surface area contributed by atoms with Crippen LogP contribution in [-0.4, -0.2) is 38.3 Å². The summed E-state index contributed by atoms with van der Waals surface area (Å²) in [6.07, 6.45) is 0. The summed E-state index contributed by atoms with van der Waals surface area (Å²) in [6.45, 7) is 0. The summed E-state index contributed by atoms with van der Waals surface area (Å²) in [7, 11) is 0. The van der Waals surface area contributed by atoms with Gasteiger partial charge in [0.1, 0.15) is 0 Å². The van der Waals surface area contributed by atoms with Crippen molar-refractivity contribution in [2.24, 2.45) is 0 Å². The summed E-state index contributed by atoms with van der Waals surface area (Å²) in [5.41, 5.74) is 0. The van der Waals surface area contributed by atoms with Crippen LogP contribution in [0.15, 0.2) is 0 Å². The van der Waals surface area contributed by atoms with Crippen molar-refractivity contribution in [1.29, 1.82) is 0 Å². The Morgan fingerprint density at radius 2 is 0.444 bits per heavy atom. The number of hydrogen-bond acceptors (Lipinski definition) is 1. The monoisotopic (exact) mass is 299 g/mol. The van der Waals surface area contributed by atoms with E-state index < -0.39 is 0 Å². The van der Waals surface area contributed by atoms with Gasteiger partial charge in [-0.25, -0.2) is 0 Å². The topological polar surface area (TPSA) is 248 Å². The standard InChI is InChI=1S/Gd.7H2O.O/h;7*1H2;/q+3;;;;;;;;-2/p-1. The van der Waals surface area contributed by atoms with Crippen molar-refractivity contribution in [2.75, 3.05) is 0 Å². The Balaban J connectivity index is 0. The van der Waals surface area contributed by atoms with Gasteiger partial charge in [-0.1, -0.05) is 0 Å². The first-order valence-electron chi connectivity index (χ1n) is 0. The Labute approximate surface area is 83.4 Å². The van der Waals surface area contributed by atoms with Gasteiger partial charge in [-0.3, -0.25) is 0 Å². The fourth-order valence-electron chi connectivity index (χ4n) is 0. The van der Waals surface area contributed by atoms with Crippen LogP contribution in [0, 0.1) is 39.9 Å². The molecule has 0 aromatic rings. The minimum Gasteiger partial charge on any atom is -2.00 e. The van der Waals surface area contributed by atoms with Crippen LogP contribution in [0.1, 0.15) is 0 Å².